The number of hydrogen-bond donors (Lipinski definition) is 0. The Morgan fingerprint density at radius 2 is 2.21 bits per heavy atom. The number of nitriles is 1. The number of halogens is 1. The molecule has 7 heteroatoms. The van der Waals surface area contributed by atoms with Crippen LogP contribution in [0.1, 0.15) is 24.2 Å². The number of nitro benzene ring substituents is 1. The van der Waals surface area contributed by atoms with E-state index in [2.05, 4.69) is 0 Å². The molecule has 100 valence electrons. The van der Waals surface area contributed by atoms with Crippen LogP contribution in [0.3, 0.4) is 0 Å². The fourth-order valence-electron chi connectivity index (χ4n) is 1.52. The van der Waals surface area contributed by atoms with Crippen LogP contribution in [0, 0.1) is 21.4 Å². The van der Waals surface area contributed by atoms with Gasteiger partial charge in [-0.05, 0) is 26.0 Å². The summed E-state index contributed by atoms with van der Waals surface area (Å²) in [6, 6.07) is 5.55. The maximum absolute atomic E-state index is 12.2. The lowest BCUT2D eigenvalue weighted by Gasteiger charge is -2.23. The molecule has 0 aliphatic rings. The lowest BCUT2D eigenvalue weighted by Crippen LogP contribution is -2.37. The van der Waals surface area contributed by atoms with Gasteiger partial charge in [0, 0.05) is 17.7 Å². The third-order valence-electron chi connectivity index (χ3n) is 2.52. The fourth-order valence-corrected chi connectivity index (χ4v) is 1.70. The summed E-state index contributed by atoms with van der Waals surface area (Å²) in [6.07, 6.45) is 0. The number of nitrogens with zero attached hydrogens (tertiary/aromatic N) is 3. The summed E-state index contributed by atoms with van der Waals surface area (Å²) in [5.41, 5.74) is -0.187. The zero-order chi connectivity index (χ0) is 14.6. The Labute approximate surface area is 115 Å². The van der Waals surface area contributed by atoms with E-state index in [1.807, 2.05) is 6.07 Å². The van der Waals surface area contributed by atoms with Crippen LogP contribution >= 0.6 is 11.6 Å². The number of benzene rings is 1. The number of amides is 1. The second-order valence-corrected chi connectivity index (χ2v) is 4.52. The van der Waals surface area contributed by atoms with Crippen LogP contribution < -0.4 is 0 Å². The second kappa shape index (κ2) is 6.16. The fraction of sp³-hybridized carbons (Fsp3) is 0.333. The van der Waals surface area contributed by atoms with E-state index in [1.54, 1.807) is 13.8 Å². The van der Waals surface area contributed by atoms with Crippen molar-refractivity contribution in [3.05, 3.63) is 38.9 Å². The van der Waals surface area contributed by atoms with Crippen molar-refractivity contribution in [2.75, 3.05) is 6.54 Å². The van der Waals surface area contributed by atoms with Crippen molar-refractivity contribution in [2.24, 2.45) is 0 Å². The van der Waals surface area contributed by atoms with E-state index in [9.17, 15) is 14.9 Å². The third-order valence-corrected chi connectivity index (χ3v) is 2.83. The van der Waals surface area contributed by atoms with Crippen molar-refractivity contribution in [1.29, 1.82) is 5.26 Å². The molecule has 0 aliphatic carbocycles. The average Bonchev–Trinajstić information content (AvgIpc) is 2.35. The molecule has 1 aromatic rings. The van der Waals surface area contributed by atoms with Crippen molar-refractivity contribution in [1.82, 2.24) is 4.90 Å². The Kier molecular flexibility index (Phi) is 4.84. The van der Waals surface area contributed by atoms with Gasteiger partial charge in [0.15, 0.2) is 0 Å². The quantitative estimate of drug-likeness (QED) is 0.482. The van der Waals surface area contributed by atoms with Crippen LogP contribution in [0.4, 0.5) is 5.69 Å². The third kappa shape index (κ3) is 3.42. The Hall–Kier alpha value is -2.13. The van der Waals surface area contributed by atoms with E-state index in [-0.39, 0.29) is 28.9 Å². The molecule has 0 aliphatic heterocycles. The summed E-state index contributed by atoms with van der Waals surface area (Å²) >= 11 is 5.68. The van der Waals surface area contributed by atoms with Crippen molar-refractivity contribution in [3.63, 3.8) is 0 Å². The summed E-state index contributed by atoms with van der Waals surface area (Å²) in [5, 5.41) is 19.4. The number of hydrogen-bond acceptors (Lipinski definition) is 4. The maximum Gasteiger partial charge on any atom is 0.288 e. The lowest BCUT2D eigenvalue weighted by molar-refractivity contribution is -0.384. The van der Waals surface area contributed by atoms with Crippen LogP contribution in [-0.2, 0) is 0 Å². The summed E-state index contributed by atoms with van der Waals surface area (Å²) in [4.78, 5) is 23.6. The minimum atomic E-state index is -0.650. The van der Waals surface area contributed by atoms with Crippen LogP contribution in [-0.4, -0.2) is 28.3 Å². The number of nitro groups is 1. The molecule has 1 amide bonds. The largest absolute Gasteiger partial charge is 0.323 e. The van der Waals surface area contributed by atoms with Crippen molar-refractivity contribution < 1.29 is 9.72 Å². The minimum Gasteiger partial charge on any atom is -0.323 e. The first kappa shape index (κ1) is 14.9. The van der Waals surface area contributed by atoms with E-state index in [0.717, 1.165) is 6.07 Å². The highest BCUT2D eigenvalue weighted by Gasteiger charge is 2.22. The first-order valence-corrected chi connectivity index (χ1v) is 5.88. The molecule has 0 atom stereocenters. The maximum atomic E-state index is 12.2. The summed E-state index contributed by atoms with van der Waals surface area (Å²) < 4.78 is 0. The molecule has 0 radical (unpaired) electrons. The smallest absolute Gasteiger partial charge is 0.288 e. The summed E-state index contributed by atoms with van der Waals surface area (Å²) in [6.45, 7) is 3.45. The van der Waals surface area contributed by atoms with Crippen molar-refractivity contribution >= 4 is 23.2 Å². The van der Waals surface area contributed by atoms with Gasteiger partial charge in [0.1, 0.15) is 11.6 Å². The molecule has 0 N–H and O–H groups in total. The van der Waals surface area contributed by atoms with E-state index in [4.69, 9.17) is 16.9 Å². The second-order valence-electron chi connectivity index (χ2n) is 4.11. The molecule has 0 heterocycles. The number of rotatable bonds is 4. The van der Waals surface area contributed by atoms with Gasteiger partial charge in [-0.3, -0.25) is 14.9 Å². The standard InChI is InChI=1S/C12H12ClN3O3/c1-8(2)15(6-5-14)12(17)9-3-4-10(13)11(7-9)16(18)19/h3-4,7-8H,6H2,1-2H3. The van der Waals surface area contributed by atoms with Gasteiger partial charge in [-0.25, -0.2) is 0 Å². The predicted molar refractivity (Wildman–Crippen MR) is 69.9 cm³/mol. The van der Waals surface area contributed by atoms with Crippen LogP contribution in [0.15, 0.2) is 18.2 Å². The van der Waals surface area contributed by atoms with Gasteiger partial charge >= 0.3 is 0 Å². The molecule has 19 heavy (non-hydrogen) atoms. The minimum absolute atomic E-state index is 0.0297. The molecule has 6 nitrogen and oxygen atoms in total. The molecule has 0 bridgehead atoms. The highest BCUT2D eigenvalue weighted by atomic mass is 35.5. The molecule has 1 rings (SSSR count). The molecule has 1 aromatic carbocycles. The molecule has 0 fully saturated rings. The van der Waals surface area contributed by atoms with Gasteiger partial charge in [0.25, 0.3) is 11.6 Å². The van der Waals surface area contributed by atoms with Gasteiger partial charge in [0.05, 0.1) is 11.0 Å². The van der Waals surface area contributed by atoms with Gasteiger partial charge in [-0.2, -0.15) is 5.26 Å². The topological polar surface area (TPSA) is 87.2 Å². The van der Waals surface area contributed by atoms with Gasteiger partial charge < -0.3 is 4.90 Å². The number of carbonyl (C=O) groups is 1. The Morgan fingerprint density at radius 1 is 1.58 bits per heavy atom. The molecule has 0 saturated heterocycles. The van der Waals surface area contributed by atoms with Crippen molar-refractivity contribution in [2.45, 2.75) is 19.9 Å². The molecular weight excluding hydrogens is 270 g/mol. The molecule has 0 saturated carbocycles. The van der Waals surface area contributed by atoms with Gasteiger partial charge in [0.2, 0.25) is 0 Å². The highest BCUT2D eigenvalue weighted by molar-refractivity contribution is 6.32. The van der Waals surface area contributed by atoms with E-state index >= 15 is 0 Å². The SMILES string of the molecule is CC(C)N(CC#N)C(=O)c1ccc(Cl)c([N+](=O)[O-])c1. The van der Waals surface area contributed by atoms with Gasteiger partial charge in [-0.1, -0.05) is 11.6 Å². The predicted octanol–water partition coefficient (Wildman–Crippen LogP) is 2.62. The van der Waals surface area contributed by atoms with Crippen molar-refractivity contribution in [3.8, 4) is 6.07 Å². The zero-order valence-electron chi connectivity index (χ0n) is 10.5. The normalized spacial score (nSPS) is 10.1. The summed E-state index contributed by atoms with van der Waals surface area (Å²) in [7, 11) is 0. The van der Waals surface area contributed by atoms with Crippen LogP contribution in [0.5, 0.6) is 0 Å². The molecule has 0 aromatic heterocycles. The number of carbonyl (C=O) groups excluding carboxylic acids is 1. The average molecular weight is 282 g/mol. The zero-order valence-corrected chi connectivity index (χ0v) is 11.2. The monoisotopic (exact) mass is 281 g/mol. The van der Waals surface area contributed by atoms with E-state index in [0.29, 0.717) is 0 Å². The Bertz CT molecular complexity index is 552. The first-order chi connectivity index (χ1) is 8.88. The van der Waals surface area contributed by atoms with Gasteiger partial charge in [-0.15, -0.1) is 0 Å². The molecular formula is C12H12ClN3O3. The Morgan fingerprint density at radius 3 is 2.68 bits per heavy atom. The molecule has 0 unspecified atom stereocenters. The highest BCUT2D eigenvalue weighted by Crippen LogP contribution is 2.25. The van der Waals surface area contributed by atoms with E-state index < -0.39 is 10.8 Å². The molecule has 0 spiro atoms. The summed E-state index contributed by atoms with van der Waals surface area (Å²) in [5.74, 6) is -0.434. The van der Waals surface area contributed by atoms with E-state index in [1.165, 1.54) is 17.0 Å². The van der Waals surface area contributed by atoms with Crippen LogP contribution in [0.2, 0.25) is 5.02 Å². The first-order valence-electron chi connectivity index (χ1n) is 5.50. The van der Waals surface area contributed by atoms with Crippen LogP contribution in [0.25, 0.3) is 0 Å². The lowest BCUT2D eigenvalue weighted by atomic mass is 10.1. The Balaban J connectivity index is 3.16.